The average Bonchev–Trinajstić information content (AvgIpc) is 2.74. The van der Waals surface area contributed by atoms with Crippen LogP contribution in [-0.4, -0.2) is 11.6 Å². The summed E-state index contributed by atoms with van der Waals surface area (Å²) < 4.78 is 36.8. The van der Waals surface area contributed by atoms with Gasteiger partial charge in [-0.25, -0.2) is 0 Å². The molecule has 0 saturated heterocycles. The Morgan fingerprint density at radius 1 is 0.697 bits per heavy atom. The molecule has 2 atom stereocenters. The molecule has 0 N–H and O–H groups in total. The van der Waals surface area contributed by atoms with E-state index in [0.29, 0.717) is 11.5 Å². The van der Waals surface area contributed by atoms with Crippen molar-refractivity contribution in [3.8, 4) is 23.0 Å². The Labute approximate surface area is 198 Å². The fourth-order valence-corrected chi connectivity index (χ4v) is 4.79. The topological polar surface area (TPSA) is 54.0 Å². The number of benzene rings is 3. The van der Waals surface area contributed by atoms with E-state index in [-0.39, 0.29) is 0 Å². The van der Waals surface area contributed by atoms with Crippen molar-refractivity contribution in [3.05, 3.63) is 82.9 Å². The summed E-state index contributed by atoms with van der Waals surface area (Å²) in [4.78, 5) is 0. The minimum atomic E-state index is -2.20. The van der Waals surface area contributed by atoms with Crippen LogP contribution in [0.25, 0.3) is 0 Å². The highest BCUT2D eigenvalue weighted by molar-refractivity contribution is 7.46. The van der Waals surface area contributed by atoms with Crippen LogP contribution >= 0.6 is 16.0 Å². The van der Waals surface area contributed by atoms with Crippen LogP contribution in [0.5, 0.6) is 23.0 Å². The van der Waals surface area contributed by atoms with E-state index < -0.39 is 21.4 Å². The Morgan fingerprint density at radius 2 is 1.15 bits per heavy atom. The highest BCUT2D eigenvalue weighted by atomic mass is 31.1. The Morgan fingerprint density at radius 3 is 1.70 bits per heavy atom. The van der Waals surface area contributed by atoms with E-state index in [1.807, 2.05) is 64.1 Å². The zero-order valence-corrected chi connectivity index (χ0v) is 21.7. The number of ether oxygens (including phenoxy) is 1. The van der Waals surface area contributed by atoms with E-state index in [9.17, 15) is 4.57 Å². The van der Waals surface area contributed by atoms with Crippen LogP contribution in [0, 0.1) is 27.7 Å². The Balaban J connectivity index is 1.68. The molecule has 172 valence electrons. The molecule has 0 saturated carbocycles. The van der Waals surface area contributed by atoms with Crippen molar-refractivity contribution in [1.82, 2.24) is 0 Å². The van der Waals surface area contributed by atoms with E-state index in [0.717, 1.165) is 33.8 Å². The number of hydrogen-bond acceptors (Lipinski definition) is 5. The third kappa shape index (κ3) is 6.35. The molecule has 0 amide bonds. The highest BCUT2D eigenvalue weighted by Crippen LogP contribution is 2.44. The van der Waals surface area contributed by atoms with Crippen molar-refractivity contribution in [1.29, 1.82) is 0 Å². The summed E-state index contributed by atoms with van der Waals surface area (Å²) in [5.41, 5.74) is 4.01. The van der Waals surface area contributed by atoms with Crippen molar-refractivity contribution in [2.75, 3.05) is 0 Å². The molecule has 3 aromatic carbocycles. The van der Waals surface area contributed by atoms with Gasteiger partial charge in [-0.1, -0.05) is 42.5 Å². The molecular weight excluding hydrogens is 454 g/mol. The molecule has 0 aliphatic heterocycles. The first-order valence-corrected chi connectivity index (χ1v) is 13.1. The summed E-state index contributed by atoms with van der Waals surface area (Å²) in [6.07, 6.45) is 4.01. The molecule has 33 heavy (non-hydrogen) atoms. The van der Waals surface area contributed by atoms with E-state index in [1.54, 1.807) is 38.1 Å². The van der Waals surface area contributed by atoms with Crippen LogP contribution in [0.1, 0.15) is 36.1 Å². The third-order valence-corrected chi connectivity index (χ3v) is 7.15. The maximum absolute atomic E-state index is 13.0. The molecule has 0 heterocycles. The van der Waals surface area contributed by atoms with Gasteiger partial charge >= 0.3 is 21.4 Å². The number of hydrogen-bond donors (Lipinski definition) is 0. The Kier molecular flexibility index (Phi) is 7.79. The fourth-order valence-electron chi connectivity index (χ4n) is 3.22. The zero-order valence-electron chi connectivity index (χ0n) is 19.9. The Hall–Kier alpha value is -2.87. The molecule has 0 aliphatic rings. The largest absolute Gasteiger partial charge is 0.604 e. The lowest BCUT2D eigenvalue weighted by Gasteiger charge is -2.18. The van der Waals surface area contributed by atoms with Gasteiger partial charge in [-0.2, -0.15) is 0 Å². The molecule has 7 heteroatoms. The van der Waals surface area contributed by atoms with Gasteiger partial charge in [0, 0.05) is 19.9 Å². The number of rotatable bonds is 9. The van der Waals surface area contributed by atoms with Crippen LogP contribution in [0.15, 0.2) is 60.7 Å². The second-order valence-electron chi connectivity index (χ2n) is 8.33. The lowest BCUT2D eigenvalue weighted by Crippen LogP contribution is -2.25. The SMILES string of the molecule is C=[P+](Oc1cccc(O[P+](=O)C(C)(C)Oc2c(C)cccc2C)c1)Oc1c(C)cccc1C. The summed E-state index contributed by atoms with van der Waals surface area (Å²) in [6.45, 7) is 11.4. The zero-order chi connectivity index (χ0) is 24.2. The van der Waals surface area contributed by atoms with Gasteiger partial charge in [-0.3, -0.25) is 13.6 Å². The fraction of sp³-hybridized carbons (Fsp3) is 0.269. The van der Waals surface area contributed by atoms with Crippen molar-refractivity contribution in [2.24, 2.45) is 0 Å². The van der Waals surface area contributed by atoms with E-state index in [2.05, 4.69) is 6.30 Å². The normalized spacial score (nSPS) is 12.1. The molecule has 0 fully saturated rings. The lowest BCUT2D eigenvalue weighted by atomic mass is 10.1. The summed E-state index contributed by atoms with van der Waals surface area (Å²) >= 11 is 0. The van der Waals surface area contributed by atoms with Crippen LogP contribution in [0.4, 0.5) is 0 Å². The molecule has 0 spiro atoms. The van der Waals surface area contributed by atoms with Crippen LogP contribution in [0.2, 0.25) is 0 Å². The first kappa shape index (κ1) is 24.8. The molecule has 0 bridgehead atoms. The minimum absolute atomic E-state index is 0.419. The number of para-hydroxylation sites is 2. The highest BCUT2D eigenvalue weighted by Gasteiger charge is 2.46. The van der Waals surface area contributed by atoms with Gasteiger partial charge in [0.05, 0.1) is 0 Å². The van der Waals surface area contributed by atoms with Crippen molar-refractivity contribution in [2.45, 2.75) is 46.9 Å². The second-order valence-corrected chi connectivity index (χ2v) is 11.1. The standard InChI is InChI=1S/C26H30O5P2/c1-18-11-8-12-19(2)24(18)28-26(5,6)33(27)30-23-16-10-15-22(17-23)29-32(7)31-25-20(3)13-9-14-21(25)4/h8-17H,7H2,1-6H3/q+2. The maximum Gasteiger partial charge on any atom is 0.604 e. The quantitative estimate of drug-likeness (QED) is 0.288. The maximum atomic E-state index is 13.0. The van der Waals surface area contributed by atoms with Crippen molar-refractivity contribution >= 4 is 22.3 Å². The summed E-state index contributed by atoms with van der Waals surface area (Å²) in [7, 11) is -3.66. The predicted octanol–water partition coefficient (Wildman–Crippen LogP) is 8.06. The van der Waals surface area contributed by atoms with Gasteiger partial charge in [0.15, 0.2) is 23.5 Å². The Bertz CT molecular complexity index is 1150. The third-order valence-electron chi connectivity index (χ3n) is 5.00. The van der Waals surface area contributed by atoms with Crippen LogP contribution in [0.3, 0.4) is 0 Å². The monoisotopic (exact) mass is 484 g/mol. The van der Waals surface area contributed by atoms with Gasteiger partial charge in [0.1, 0.15) is 5.75 Å². The first-order valence-electron chi connectivity index (χ1n) is 10.6. The minimum Gasteiger partial charge on any atom is -0.441 e. The summed E-state index contributed by atoms with van der Waals surface area (Å²) in [5.74, 6) is 2.44. The van der Waals surface area contributed by atoms with Gasteiger partial charge in [0.25, 0.3) is 0 Å². The summed E-state index contributed by atoms with van der Waals surface area (Å²) in [6, 6.07) is 18.8. The molecule has 0 aliphatic carbocycles. The smallest absolute Gasteiger partial charge is 0.441 e. The average molecular weight is 484 g/mol. The molecule has 5 nitrogen and oxygen atoms in total. The van der Waals surface area contributed by atoms with Crippen molar-refractivity contribution in [3.63, 3.8) is 0 Å². The number of aryl methyl sites for hydroxylation is 4. The van der Waals surface area contributed by atoms with Gasteiger partial charge in [0.2, 0.25) is 0 Å². The molecular formula is C26H30O5P2+2. The second kappa shape index (κ2) is 10.4. The lowest BCUT2D eigenvalue weighted by molar-refractivity contribution is 0.181. The molecule has 2 unspecified atom stereocenters. The molecule has 0 radical (unpaired) electrons. The predicted molar refractivity (Wildman–Crippen MR) is 137 cm³/mol. The van der Waals surface area contributed by atoms with Crippen LogP contribution < -0.4 is 18.3 Å². The van der Waals surface area contributed by atoms with E-state index in [1.165, 1.54) is 0 Å². The van der Waals surface area contributed by atoms with Gasteiger partial charge < -0.3 is 4.74 Å². The van der Waals surface area contributed by atoms with Gasteiger partial charge in [-0.05, 0) is 66.6 Å². The summed E-state index contributed by atoms with van der Waals surface area (Å²) in [5, 5.41) is -1.03. The molecule has 3 aromatic rings. The first-order chi connectivity index (χ1) is 15.6. The van der Waals surface area contributed by atoms with Crippen molar-refractivity contribution < 1.29 is 22.9 Å². The van der Waals surface area contributed by atoms with Gasteiger partial charge in [-0.15, -0.1) is 0 Å². The molecule has 3 rings (SSSR count). The van der Waals surface area contributed by atoms with Crippen LogP contribution in [-0.2, 0) is 4.57 Å². The van der Waals surface area contributed by atoms with E-state index in [4.69, 9.17) is 18.3 Å². The van der Waals surface area contributed by atoms with E-state index >= 15 is 0 Å². The molecule has 0 aromatic heterocycles.